The zero-order valence-electron chi connectivity index (χ0n) is 8.91. The van der Waals surface area contributed by atoms with E-state index in [1.807, 2.05) is 0 Å². The van der Waals surface area contributed by atoms with Gasteiger partial charge in [0.05, 0.1) is 0 Å². The smallest absolute Gasteiger partial charge is 0.215 e. The SMILES string of the molecule is N#CN=c1c(=NC#N)c(=O)c2ccccc2c1=O. The van der Waals surface area contributed by atoms with Crippen molar-refractivity contribution in [3.8, 4) is 12.4 Å². The Hall–Kier alpha value is -3.12. The minimum absolute atomic E-state index is 0.161. The van der Waals surface area contributed by atoms with Crippen LogP contribution in [0.2, 0.25) is 0 Å². The Labute approximate surface area is 99.7 Å². The van der Waals surface area contributed by atoms with E-state index in [1.54, 1.807) is 12.1 Å². The van der Waals surface area contributed by atoms with Gasteiger partial charge in [-0.25, -0.2) is 0 Å². The second kappa shape index (κ2) is 4.40. The summed E-state index contributed by atoms with van der Waals surface area (Å²) < 4.78 is 0. The summed E-state index contributed by atoms with van der Waals surface area (Å²) in [6.45, 7) is 0. The number of nitrogens with zero attached hydrogens (tertiary/aromatic N) is 4. The highest BCUT2D eigenvalue weighted by Gasteiger charge is 2.09. The minimum atomic E-state index is -0.583. The Morgan fingerprint density at radius 1 is 0.833 bits per heavy atom. The monoisotopic (exact) mass is 236 g/mol. The number of fused-ring (bicyclic) bond motifs is 1. The third-order valence-electron chi connectivity index (χ3n) is 2.39. The van der Waals surface area contributed by atoms with Gasteiger partial charge in [0.2, 0.25) is 23.2 Å². The second-order valence-electron chi connectivity index (χ2n) is 3.32. The van der Waals surface area contributed by atoms with Gasteiger partial charge in [-0.3, -0.25) is 9.59 Å². The lowest BCUT2D eigenvalue weighted by Gasteiger charge is -1.93. The highest BCUT2D eigenvalue weighted by Crippen LogP contribution is 2.00. The molecule has 18 heavy (non-hydrogen) atoms. The molecule has 84 valence electrons. The zero-order chi connectivity index (χ0) is 13.1. The fourth-order valence-electron chi connectivity index (χ4n) is 1.66. The summed E-state index contributed by atoms with van der Waals surface area (Å²) in [6.07, 6.45) is 2.86. The van der Waals surface area contributed by atoms with Crippen molar-refractivity contribution in [3.05, 3.63) is 55.4 Å². The molecule has 0 radical (unpaired) electrons. The number of nitriles is 2. The molecular weight excluding hydrogens is 232 g/mol. The molecule has 6 nitrogen and oxygen atoms in total. The molecule has 2 aromatic carbocycles. The summed E-state index contributed by atoms with van der Waals surface area (Å²) in [6, 6.07) is 6.12. The van der Waals surface area contributed by atoms with E-state index in [1.165, 1.54) is 24.5 Å². The average Bonchev–Trinajstić information content (AvgIpc) is 2.40. The van der Waals surface area contributed by atoms with Crippen LogP contribution >= 0.6 is 0 Å². The van der Waals surface area contributed by atoms with Crippen molar-refractivity contribution >= 4 is 10.8 Å². The molecule has 0 saturated carbocycles. The molecule has 0 aliphatic rings. The van der Waals surface area contributed by atoms with E-state index in [4.69, 9.17) is 10.5 Å². The van der Waals surface area contributed by atoms with Gasteiger partial charge in [-0.2, -0.15) is 20.5 Å². The molecule has 0 bridgehead atoms. The van der Waals surface area contributed by atoms with Crippen LogP contribution in [0.4, 0.5) is 0 Å². The largest absolute Gasteiger partial charge is 0.287 e. The fraction of sp³-hybridized carbons (Fsp3) is 0. The van der Waals surface area contributed by atoms with Crippen LogP contribution in [-0.2, 0) is 0 Å². The van der Waals surface area contributed by atoms with Gasteiger partial charge in [0.25, 0.3) is 0 Å². The van der Waals surface area contributed by atoms with Crippen molar-refractivity contribution in [2.75, 3.05) is 0 Å². The van der Waals surface area contributed by atoms with Gasteiger partial charge >= 0.3 is 0 Å². The Morgan fingerprint density at radius 3 is 1.56 bits per heavy atom. The third-order valence-corrected chi connectivity index (χ3v) is 2.39. The highest BCUT2D eigenvalue weighted by atomic mass is 16.1. The van der Waals surface area contributed by atoms with Gasteiger partial charge in [-0.15, -0.1) is 0 Å². The van der Waals surface area contributed by atoms with Crippen LogP contribution in [0.25, 0.3) is 10.8 Å². The van der Waals surface area contributed by atoms with Crippen LogP contribution in [0.3, 0.4) is 0 Å². The first-order valence-electron chi connectivity index (χ1n) is 4.83. The van der Waals surface area contributed by atoms with Crippen LogP contribution < -0.4 is 21.6 Å². The molecular formula is C12H4N4O2. The molecule has 0 spiro atoms. The Morgan fingerprint density at radius 2 is 1.22 bits per heavy atom. The molecule has 0 heterocycles. The van der Waals surface area contributed by atoms with Crippen LogP contribution in [-0.4, -0.2) is 0 Å². The summed E-state index contributed by atoms with van der Waals surface area (Å²) in [4.78, 5) is 30.6. The highest BCUT2D eigenvalue weighted by molar-refractivity contribution is 5.81. The Balaban J connectivity index is 3.32. The molecule has 0 fully saturated rings. The molecule has 6 heteroatoms. The van der Waals surface area contributed by atoms with E-state index in [0.717, 1.165) is 0 Å². The molecule has 0 aliphatic carbocycles. The maximum absolute atomic E-state index is 12.0. The van der Waals surface area contributed by atoms with Crippen LogP contribution in [0.15, 0.2) is 43.8 Å². The van der Waals surface area contributed by atoms with E-state index in [0.29, 0.717) is 0 Å². The summed E-state index contributed by atoms with van der Waals surface area (Å²) in [7, 11) is 0. The molecule has 0 aliphatic heterocycles. The standard InChI is InChI=1S/C12H4N4O2/c13-5-15-9-10(16-6-14)12(18)8-4-2-1-3-7(8)11(9)17/h1-4H. The van der Waals surface area contributed by atoms with Crippen LogP contribution in [0.5, 0.6) is 0 Å². The Kier molecular flexibility index (Phi) is 2.78. The quantitative estimate of drug-likeness (QED) is 0.558. The van der Waals surface area contributed by atoms with Crippen molar-refractivity contribution in [2.24, 2.45) is 9.98 Å². The lowest BCUT2D eigenvalue weighted by atomic mass is 10.1. The number of benzene rings is 2. The van der Waals surface area contributed by atoms with Crippen LogP contribution in [0, 0.1) is 22.9 Å². The van der Waals surface area contributed by atoms with Crippen molar-refractivity contribution in [3.63, 3.8) is 0 Å². The topological polar surface area (TPSA) is 106 Å². The van der Waals surface area contributed by atoms with Gasteiger partial charge in [0.15, 0.2) is 10.7 Å². The van der Waals surface area contributed by atoms with Crippen molar-refractivity contribution in [2.45, 2.75) is 0 Å². The molecule has 0 unspecified atom stereocenters. The van der Waals surface area contributed by atoms with E-state index >= 15 is 0 Å². The van der Waals surface area contributed by atoms with Crippen LogP contribution in [0.1, 0.15) is 0 Å². The molecule has 0 aromatic heterocycles. The van der Waals surface area contributed by atoms with Crippen molar-refractivity contribution in [1.29, 1.82) is 10.5 Å². The van der Waals surface area contributed by atoms with Gasteiger partial charge in [0.1, 0.15) is 0 Å². The first-order chi connectivity index (χ1) is 8.70. The van der Waals surface area contributed by atoms with E-state index < -0.39 is 10.9 Å². The van der Waals surface area contributed by atoms with Gasteiger partial charge in [-0.05, 0) is 0 Å². The van der Waals surface area contributed by atoms with Crippen molar-refractivity contribution in [1.82, 2.24) is 0 Å². The van der Waals surface area contributed by atoms with Gasteiger partial charge in [0, 0.05) is 10.8 Å². The Bertz CT molecular complexity index is 857. The summed E-state index contributed by atoms with van der Waals surface area (Å²) in [5.74, 6) is 0. The number of hydrogen-bond acceptors (Lipinski definition) is 6. The lowest BCUT2D eigenvalue weighted by Crippen LogP contribution is -2.48. The zero-order valence-corrected chi connectivity index (χ0v) is 8.91. The molecule has 0 amide bonds. The molecule has 0 saturated heterocycles. The maximum atomic E-state index is 12.0. The molecule has 0 atom stereocenters. The first kappa shape index (κ1) is 11.4. The molecule has 2 aromatic rings. The first-order valence-corrected chi connectivity index (χ1v) is 4.83. The van der Waals surface area contributed by atoms with E-state index in [-0.39, 0.29) is 21.5 Å². The molecule has 2 rings (SSSR count). The second-order valence-corrected chi connectivity index (χ2v) is 3.32. The number of hydrogen-bond donors (Lipinski definition) is 0. The van der Waals surface area contributed by atoms with Gasteiger partial charge in [-0.1, -0.05) is 24.3 Å². The predicted molar refractivity (Wildman–Crippen MR) is 61.2 cm³/mol. The molecule has 0 N–H and O–H groups in total. The van der Waals surface area contributed by atoms with E-state index in [2.05, 4.69) is 9.98 Å². The predicted octanol–water partition coefficient (Wildman–Crippen LogP) is -0.801. The summed E-state index contributed by atoms with van der Waals surface area (Å²) >= 11 is 0. The fourth-order valence-corrected chi connectivity index (χ4v) is 1.66. The van der Waals surface area contributed by atoms with E-state index in [9.17, 15) is 9.59 Å². The minimum Gasteiger partial charge on any atom is -0.287 e. The average molecular weight is 236 g/mol. The summed E-state index contributed by atoms with van der Waals surface area (Å²) in [5.41, 5.74) is -1.17. The van der Waals surface area contributed by atoms with Crippen molar-refractivity contribution < 1.29 is 0 Å². The third kappa shape index (κ3) is 1.58. The normalized spacial score (nSPS) is 12.3. The summed E-state index contributed by atoms with van der Waals surface area (Å²) in [5, 5.41) is 16.6. The number of rotatable bonds is 0. The van der Waals surface area contributed by atoms with Gasteiger partial charge < -0.3 is 0 Å². The maximum Gasteiger partial charge on any atom is 0.215 e. The lowest BCUT2D eigenvalue weighted by molar-refractivity contribution is 1.18.